The first-order valence-corrected chi connectivity index (χ1v) is 8.78. The number of nitrogens with zero attached hydrogens (tertiary/aromatic N) is 1. The highest BCUT2D eigenvalue weighted by Gasteiger charge is 2.76. The van der Waals surface area contributed by atoms with Crippen LogP contribution in [0.3, 0.4) is 0 Å². The van der Waals surface area contributed by atoms with Crippen molar-refractivity contribution in [2.75, 3.05) is 20.3 Å². The molecule has 4 atom stereocenters. The van der Waals surface area contributed by atoms with Crippen LogP contribution in [0.2, 0.25) is 0 Å². The van der Waals surface area contributed by atoms with Gasteiger partial charge in [-0.15, -0.1) is 0 Å². The van der Waals surface area contributed by atoms with Crippen LogP contribution in [0, 0.1) is 17.3 Å². The van der Waals surface area contributed by atoms with Crippen molar-refractivity contribution in [2.24, 2.45) is 17.3 Å². The number of carboxylic acid groups (broad SMARTS) is 1. The Labute approximate surface area is 145 Å². The van der Waals surface area contributed by atoms with Crippen molar-refractivity contribution in [1.82, 2.24) is 4.90 Å². The monoisotopic (exact) mass is 381 g/mol. The van der Waals surface area contributed by atoms with E-state index in [1.807, 2.05) is 12.1 Å². The molecule has 23 heavy (non-hydrogen) atoms. The lowest BCUT2D eigenvalue weighted by Crippen LogP contribution is -2.51. The number of fused-ring (bicyclic) bond motifs is 1. The third-order valence-electron chi connectivity index (χ3n) is 5.52. The number of ether oxygens (including phenoxy) is 1. The number of benzene rings is 1. The van der Waals surface area contributed by atoms with Crippen molar-refractivity contribution in [3.8, 4) is 0 Å². The molecule has 1 N–H and O–H groups in total. The highest BCUT2D eigenvalue weighted by molar-refractivity contribution is 9.10. The van der Waals surface area contributed by atoms with Crippen LogP contribution in [0.1, 0.15) is 26.3 Å². The van der Waals surface area contributed by atoms with Crippen molar-refractivity contribution in [1.29, 1.82) is 0 Å². The summed E-state index contributed by atoms with van der Waals surface area (Å²) < 4.78 is 6.49. The fourth-order valence-corrected chi connectivity index (χ4v) is 5.22. The molecule has 1 aliphatic heterocycles. The minimum Gasteiger partial charge on any atom is -0.465 e. The SMILES string of the molecule is COCC1C2CN(C(=O)O)C(C(C)(C)C)C12c1ccc(Br)cc1. The van der Waals surface area contributed by atoms with Gasteiger partial charge in [0, 0.05) is 23.5 Å². The van der Waals surface area contributed by atoms with Crippen molar-refractivity contribution in [3.05, 3.63) is 34.3 Å². The van der Waals surface area contributed by atoms with Crippen molar-refractivity contribution >= 4 is 22.0 Å². The number of piperidine rings is 1. The molecule has 0 aromatic heterocycles. The Hall–Kier alpha value is -1.07. The number of hydrogen-bond donors (Lipinski definition) is 1. The standard InChI is InChI=1S/C18H24BrNO3/c1-17(2,3)15-18(11-5-7-12(19)8-6-11)13(14(18)10-23-4)9-20(15)16(21)22/h5-8,13-15H,9-10H2,1-4H3,(H,21,22). The van der Waals surface area contributed by atoms with E-state index in [0.717, 1.165) is 4.47 Å². The molecular formula is C18H24BrNO3. The number of rotatable bonds is 3. The number of carbonyl (C=O) groups is 1. The topological polar surface area (TPSA) is 49.8 Å². The maximum absolute atomic E-state index is 11.8. The lowest BCUT2D eigenvalue weighted by Gasteiger charge is -2.41. The normalized spacial score (nSPS) is 32.7. The molecule has 4 unspecified atom stereocenters. The van der Waals surface area contributed by atoms with Gasteiger partial charge in [-0.3, -0.25) is 0 Å². The van der Waals surface area contributed by atoms with E-state index in [1.54, 1.807) is 12.0 Å². The van der Waals surface area contributed by atoms with Crippen LogP contribution in [0.15, 0.2) is 28.7 Å². The highest BCUT2D eigenvalue weighted by Crippen LogP contribution is 2.70. The van der Waals surface area contributed by atoms with E-state index in [1.165, 1.54) is 5.56 Å². The first kappa shape index (κ1) is 16.8. The third kappa shape index (κ3) is 2.40. The molecule has 1 aliphatic carbocycles. The molecule has 1 aromatic rings. The predicted molar refractivity (Wildman–Crippen MR) is 92.6 cm³/mol. The van der Waals surface area contributed by atoms with Crippen LogP contribution in [0.4, 0.5) is 4.79 Å². The van der Waals surface area contributed by atoms with Crippen molar-refractivity contribution in [3.63, 3.8) is 0 Å². The van der Waals surface area contributed by atoms with Crippen LogP contribution >= 0.6 is 15.9 Å². The maximum atomic E-state index is 11.8. The summed E-state index contributed by atoms with van der Waals surface area (Å²) >= 11 is 3.49. The minimum atomic E-state index is -0.815. The molecule has 3 rings (SSSR count). The Balaban J connectivity index is 2.10. The van der Waals surface area contributed by atoms with Crippen LogP contribution in [-0.2, 0) is 10.2 Å². The zero-order chi connectivity index (χ0) is 17.0. The quantitative estimate of drug-likeness (QED) is 0.860. The first-order valence-electron chi connectivity index (χ1n) is 7.99. The van der Waals surface area contributed by atoms with E-state index in [-0.39, 0.29) is 16.9 Å². The number of amides is 1. The van der Waals surface area contributed by atoms with Crippen molar-refractivity contribution in [2.45, 2.75) is 32.2 Å². The first-order chi connectivity index (χ1) is 10.7. The third-order valence-corrected chi connectivity index (χ3v) is 6.05. The van der Waals surface area contributed by atoms with Gasteiger partial charge in [-0.25, -0.2) is 4.79 Å². The summed E-state index contributed by atoms with van der Waals surface area (Å²) in [4.78, 5) is 13.5. The van der Waals surface area contributed by atoms with Gasteiger partial charge in [0.15, 0.2) is 0 Å². The van der Waals surface area contributed by atoms with Crippen LogP contribution in [-0.4, -0.2) is 42.4 Å². The molecule has 2 fully saturated rings. The second-order valence-electron chi connectivity index (χ2n) is 7.81. The fourth-order valence-electron chi connectivity index (χ4n) is 4.95. The number of methoxy groups -OCH3 is 1. The fraction of sp³-hybridized carbons (Fsp3) is 0.611. The number of likely N-dealkylation sites (tertiary alicyclic amines) is 1. The van der Waals surface area contributed by atoms with Crippen LogP contribution in [0.25, 0.3) is 0 Å². The zero-order valence-electron chi connectivity index (χ0n) is 14.0. The van der Waals surface area contributed by atoms with Gasteiger partial charge in [-0.05, 0) is 34.9 Å². The second-order valence-corrected chi connectivity index (χ2v) is 8.73. The highest BCUT2D eigenvalue weighted by atomic mass is 79.9. The number of halogens is 1. The van der Waals surface area contributed by atoms with E-state index in [4.69, 9.17) is 4.74 Å². The largest absolute Gasteiger partial charge is 0.465 e. The Morgan fingerprint density at radius 1 is 1.39 bits per heavy atom. The predicted octanol–water partition coefficient (Wildman–Crippen LogP) is 3.99. The van der Waals surface area contributed by atoms with E-state index in [0.29, 0.717) is 25.0 Å². The molecule has 1 amide bonds. The van der Waals surface area contributed by atoms with Gasteiger partial charge in [-0.2, -0.15) is 0 Å². The molecular weight excluding hydrogens is 358 g/mol. The summed E-state index contributed by atoms with van der Waals surface area (Å²) in [6, 6.07) is 8.32. The number of hydrogen-bond acceptors (Lipinski definition) is 2. The molecule has 2 aliphatic rings. The van der Waals surface area contributed by atoms with Crippen molar-refractivity contribution < 1.29 is 14.6 Å². The summed E-state index contributed by atoms with van der Waals surface area (Å²) in [6.07, 6.45) is -0.815. The molecule has 1 saturated carbocycles. The molecule has 1 heterocycles. The molecule has 126 valence electrons. The van der Waals surface area contributed by atoms with E-state index in [9.17, 15) is 9.90 Å². The van der Waals surface area contributed by atoms with Gasteiger partial charge in [0.25, 0.3) is 0 Å². The van der Waals surface area contributed by atoms with E-state index in [2.05, 4.69) is 48.8 Å². The summed E-state index contributed by atoms with van der Waals surface area (Å²) in [5.41, 5.74) is 0.965. The van der Waals surface area contributed by atoms with Gasteiger partial charge >= 0.3 is 6.09 Å². The molecule has 0 bridgehead atoms. The van der Waals surface area contributed by atoms with E-state index >= 15 is 0 Å². The van der Waals surface area contributed by atoms with Gasteiger partial charge in [-0.1, -0.05) is 48.8 Å². The summed E-state index contributed by atoms with van der Waals surface area (Å²) in [5.74, 6) is 0.720. The smallest absolute Gasteiger partial charge is 0.407 e. The average Bonchev–Trinajstić information content (AvgIpc) is 2.90. The maximum Gasteiger partial charge on any atom is 0.407 e. The Morgan fingerprint density at radius 3 is 2.48 bits per heavy atom. The van der Waals surface area contributed by atoms with Gasteiger partial charge in [0.1, 0.15) is 0 Å². The molecule has 0 radical (unpaired) electrons. The van der Waals surface area contributed by atoms with Gasteiger partial charge in [0.2, 0.25) is 0 Å². The van der Waals surface area contributed by atoms with E-state index < -0.39 is 6.09 Å². The van der Waals surface area contributed by atoms with Crippen LogP contribution < -0.4 is 0 Å². The summed E-state index contributed by atoms with van der Waals surface area (Å²) in [6.45, 7) is 7.69. The molecule has 1 aromatic carbocycles. The van der Waals surface area contributed by atoms with Gasteiger partial charge < -0.3 is 14.7 Å². The van der Waals surface area contributed by atoms with Crippen LogP contribution in [0.5, 0.6) is 0 Å². The summed E-state index contributed by atoms with van der Waals surface area (Å²) in [7, 11) is 1.73. The Bertz CT molecular complexity index is 610. The lowest BCUT2D eigenvalue weighted by atomic mass is 9.72. The Morgan fingerprint density at radius 2 is 2.00 bits per heavy atom. The molecule has 0 spiro atoms. The second kappa shape index (κ2) is 5.49. The van der Waals surface area contributed by atoms with Gasteiger partial charge in [0.05, 0.1) is 12.6 Å². The molecule has 1 saturated heterocycles. The zero-order valence-corrected chi connectivity index (χ0v) is 15.6. The summed E-state index contributed by atoms with van der Waals surface area (Å²) in [5, 5.41) is 9.69. The average molecular weight is 382 g/mol. The lowest BCUT2D eigenvalue weighted by molar-refractivity contribution is 0.0671. The molecule has 4 nitrogen and oxygen atoms in total. The molecule has 5 heteroatoms. The Kier molecular flexibility index (Phi) is 4.00. The minimum absolute atomic E-state index is 0.0428.